The van der Waals surface area contributed by atoms with E-state index in [1.807, 2.05) is 55.5 Å². The van der Waals surface area contributed by atoms with Crippen LogP contribution in [0.2, 0.25) is 0 Å². The fourth-order valence-corrected chi connectivity index (χ4v) is 2.43. The Bertz CT molecular complexity index is 894. The van der Waals surface area contributed by atoms with Gasteiger partial charge in [0.25, 0.3) is 5.91 Å². The van der Waals surface area contributed by atoms with Gasteiger partial charge in [-0.15, -0.1) is 0 Å². The van der Waals surface area contributed by atoms with Gasteiger partial charge in [0, 0.05) is 18.3 Å². The molecule has 0 fully saturated rings. The number of hydrogen-bond acceptors (Lipinski definition) is 5. The van der Waals surface area contributed by atoms with Gasteiger partial charge in [-0.05, 0) is 42.3 Å². The van der Waals surface area contributed by atoms with Crippen LogP contribution in [-0.4, -0.2) is 23.0 Å². The highest BCUT2D eigenvalue weighted by Crippen LogP contribution is 2.14. The van der Waals surface area contributed by atoms with Gasteiger partial charge in [-0.25, -0.2) is 9.97 Å². The molecule has 0 aliphatic carbocycles. The summed E-state index contributed by atoms with van der Waals surface area (Å²) in [6.45, 7) is 2.56. The molecule has 0 unspecified atom stereocenters. The molecule has 3 aromatic rings. The zero-order valence-corrected chi connectivity index (χ0v) is 14.7. The molecule has 2 N–H and O–H groups in total. The first-order valence-corrected chi connectivity index (χ1v) is 8.21. The average molecular weight is 348 g/mol. The van der Waals surface area contributed by atoms with Crippen LogP contribution in [0.15, 0.2) is 60.9 Å². The Morgan fingerprint density at radius 1 is 1.08 bits per heavy atom. The molecule has 6 heteroatoms. The molecular formula is C20H20N4O2. The molecular weight excluding hydrogens is 328 g/mol. The molecule has 0 radical (unpaired) electrons. The summed E-state index contributed by atoms with van der Waals surface area (Å²) in [5.74, 6) is 1.13. The van der Waals surface area contributed by atoms with E-state index in [1.165, 1.54) is 6.33 Å². The van der Waals surface area contributed by atoms with E-state index in [4.69, 9.17) is 4.74 Å². The third kappa shape index (κ3) is 4.57. The van der Waals surface area contributed by atoms with Crippen molar-refractivity contribution in [3.05, 3.63) is 77.7 Å². The molecule has 0 aliphatic heterocycles. The molecule has 1 aromatic heterocycles. The topological polar surface area (TPSA) is 76.1 Å². The number of carbonyl (C=O) groups excluding carboxylic acids is 1. The van der Waals surface area contributed by atoms with Crippen LogP contribution in [0, 0.1) is 6.92 Å². The molecule has 0 saturated carbocycles. The third-order valence-electron chi connectivity index (χ3n) is 3.81. The summed E-state index contributed by atoms with van der Waals surface area (Å²) in [5, 5.41) is 6.04. The Hall–Kier alpha value is -3.41. The number of hydrogen-bond donors (Lipinski definition) is 2. The molecule has 1 heterocycles. The number of aryl methyl sites for hydroxylation is 1. The molecule has 0 aliphatic rings. The standard InChI is InChI=1S/C20H20N4O2/c1-14-4-3-5-16(10-14)24-20(25)18-11-19(23-13-22-18)21-12-15-6-8-17(26-2)9-7-15/h3-11,13H,12H2,1-2H3,(H,24,25)(H,21,22,23). The Morgan fingerprint density at radius 2 is 1.88 bits per heavy atom. The van der Waals surface area contributed by atoms with Crippen molar-refractivity contribution in [1.29, 1.82) is 0 Å². The number of ether oxygens (including phenoxy) is 1. The van der Waals surface area contributed by atoms with Crippen molar-refractivity contribution in [1.82, 2.24) is 9.97 Å². The Labute approximate surface area is 152 Å². The van der Waals surface area contributed by atoms with E-state index in [0.717, 1.165) is 22.6 Å². The minimum Gasteiger partial charge on any atom is -0.497 e. The van der Waals surface area contributed by atoms with Gasteiger partial charge >= 0.3 is 0 Å². The van der Waals surface area contributed by atoms with E-state index >= 15 is 0 Å². The summed E-state index contributed by atoms with van der Waals surface area (Å²) in [6.07, 6.45) is 1.38. The zero-order chi connectivity index (χ0) is 18.4. The summed E-state index contributed by atoms with van der Waals surface area (Å²) in [7, 11) is 1.64. The summed E-state index contributed by atoms with van der Waals surface area (Å²) in [4.78, 5) is 20.6. The monoisotopic (exact) mass is 348 g/mol. The SMILES string of the molecule is COc1ccc(CNc2cc(C(=O)Nc3cccc(C)c3)ncn2)cc1. The minimum atomic E-state index is -0.273. The van der Waals surface area contributed by atoms with Crippen LogP contribution < -0.4 is 15.4 Å². The smallest absolute Gasteiger partial charge is 0.274 e. The quantitative estimate of drug-likeness (QED) is 0.711. The summed E-state index contributed by atoms with van der Waals surface area (Å²) in [6, 6.07) is 17.0. The number of rotatable bonds is 6. The summed E-state index contributed by atoms with van der Waals surface area (Å²) < 4.78 is 5.14. The van der Waals surface area contributed by atoms with Gasteiger partial charge in [0.1, 0.15) is 23.6 Å². The van der Waals surface area contributed by atoms with Crippen molar-refractivity contribution in [2.75, 3.05) is 17.7 Å². The molecule has 132 valence electrons. The van der Waals surface area contributed by atoms with Crippen molar-refractivity contribution < 1.29 is 9.53 Å². The largest absolute Gasteiger partial charge is 0.497 e. The molecule has 0 spiro atoms. The minimum absolute atomic E-state index is 0.273. The number of aromatic nitrogens is 2. The predicted molar refractivity (Wildman–Crippen MR) is 101 cm³/mol. The molecule has 0 saturated heterocycles. The number of nitrogens with zero attached hydrogens (tertiary/aromatic N) is 2. The van der Waals surface area contributed by atoms with Crippen LogP contribution in [0.25, 0.3) is 0 Å². The van der Waals surface area contributed by atoms with Gasteiger partial charge in [0.15, 0.2) is 0 Å². The molecule has 2 aromatic carbocycles. The van der Waals surface area contributed by atoms with E-state index in [-0.39, 0.29) is 5.91 Å². The normalized spacial score (nSPS) is 10.2. The van der Waals surface area contributed by atoms with Gasteiger partial charge in [-0.2, -0.15) is 0 Å². The van der Waals surface area contributed by atoms with Crippen LogP contribution in [0.5, 0.6) is 5.75 Å². The highest BCUT2D eigenvalue weighted by Gasteiger charge is 2.09. The van der Waals surface area contributed by atoms with Gasteiger partial charge in [-0.3, -0.25) is 4.79 Å². The Kier molecular flexibility index (Phi) is 5.43. The second-order valence-electron chi connectivity index (χ2n) is 5.81. The average Bonchev–Trinajstić information content (AvgIpc) is 2.67. The predicted octanol–water partition coefficient (Wildman–Crippen LogP) is 3.66. The summed E-state index contributed by atoms with van der Waals surface area (Å²) in [5.41, 5.74) is 3.20. The molecule has 6 nitrogen and oxygen atoms in total. The highest BCUT2D eigenvalue weighted by molar-refractivity contribution is 6.03. The maximum absolute atomic E-state index is 12.4. The number of carbonyl (C=O) groups is 1. The lowest BCUT2D eigenvalue weighted by Crippen LogP contribution is -2.14. The van der Waals surface area contributed by atoms with Crippen molar-refractivity contribution in [3.8, 4) is 5.75 Å². The number of methoxy groups -OCH3 is 1. The molecule has 26 heavy (non-hydrogen) atoms. The van der Waals surface area contributed by atoms with Crippen molar-refractivity contribution in [3.63, 3.8) is 0 Å². The van der Waals surface area contributed by atoms with Gasteiger partial charge in [0.2, 0.25) is 0 Å². The van der Waals surface area contributed by atoms with E-state index in [2.05, 4.69) is 20.6 Å². The van der Waals surface area contributed by atoms with E-state index < -0.39 is 0 Å². The zero-order valence-electron chi connectivity index (χ0n) is 14.7. The molecule has 3 rings (SSSR count). The Morgan fingerprint density at radius 3 is 2.62 bits per heavy atom. The van der Waals surface area contributed by atoms with Crippen LogP contribution in [0.3, 0.4) is 0 Å². The Balaban J connectivity index is 1.64. The lowest BCUT2D eigenvalue weighted by atomic mass is 10.2. The lowest BCUT2D eigenvalue weighted by molar-refractivity contribution is 0.102. The van der Waals surface area contributed by atoms with Gasteiger partial charge in [0.05, 0.1) is 7.11 Å². The first-order chi connectivity index (χ1) is 12.6. The fourth-order valence-electron chi connectivity index (χ4n) is 2.43. The molecule has 0 atom stereocenters. The van der Waals surface area contributed by atoms with E-state index in [1.54, 1.807) is 13.2 Å². The second kappa shape index (κ2) is 8.11. The number of benzene rings is 2. The van der Waals surface area contributed by atoms with Crippen LogP contribution in [-0.2, 0) is 6.54 Å². The van der Waals surface area contributed by atoms with Crippen LogP contribution >= 0.6 is 0 Å². The molecule has 0 bridgehead atoms. The second-order valence-corrected chi connectivity index (χ2v) is 5.81. The first-order valence-electron chi connectivity index (χ1n) is 8.21. The van der Waals surface area contributed by atoms with Crippen LogP contribution in [0.1, 0.15) is 21.6 Å². The van der Waals surface area contributed by atoms with Crippen LogP contribution in [0.4, 0.5) is 11.5 Å². The number of amides is 1. The van der Waals surface area contributed by atoms with Crippen molar-refractivity contribution >= 4 is 17.4 Å². The first kappa shape index (κ1) is 17.4. The maximum Gasteiger partial charge on any atom is 0.274 e. The van der Waals surface area contributed by atoms with Gasteiger partial charge in [-0.1, -0.05) is 24.3 Å². The number of nitrogens with one attached hydrogen (secondary N) is 2. The maximum atomic E-state index is 12.4. The third-order valence-corrected chi connectivity index (χ3v) is 3.81. The highest BCUT2D eigenvalue weighted by atomic mass is 16.5. The van der Waals surface area contributed by atoms with Crippen molar-refractivity contribution in [2.45, 2.75) is 13.5 Å². The lowest BCUT2D eigenvalue weighted by Gasteiger charge is -2.09. The number of anilines is 2. The molecule has 1 amide bonds. The fraction of sp³-hybridized carbons (Fsp3) is 0.150. The van der Waals surface area contributed by atoms with Crippen molar-refractivity contribution in [2.24, 2.45) is 0 Å². The van der Waals surface area contributed by atoms with E-state index in [9.17, 15) is 4.79 Å². The van der Waals surface area contributed by atoms with E-state index in [0.29, 0.717) is 18.1 Å². The summed E-state index contributed by atoms with van der Waals surface area (Å²) >= 11 is 0. The van der Waals surface area contributed by atoms with Gasteiger partial charge < -0.3 is 15.4 Å².